The number of benzene rings is 1. The van der Waals surface area contributed by atoms with Gasteiger partial charge in [0.15, 0.2) is 0 Å². The van der Waals surface area contributed by atoms with Gasteiger partial charge >= 0.3 is 11.8 Å². The Morgan fingerprint density at radius 2 is 1.93 bits per heavy atom. The molecule has 2 saturated heterocycles. The highest BCUT2D eigenvalue weighted by Crippen LogP contribution is 2.24. The van der Waals surface area contributed by atoms with E-state index in [4.69, 9.17) is 4.74 Å². The summed E-state index contributed by atoms with van der Waals surface area (Å²) in [6.07, 6.45) is 2.03. The third-order valence-electron chi connectivity index (χ3n) is 5.01. The lowest BCUT2D eigenvalue weighted by Gasteiger charge is -2.45. The van der Waals surface area contributed by atoms with Crippen LogP contribution < -0.4 is 15.4 Å². The Labute approximate surface area is 169 Å². The minimum absolute atomic E-state index is 0. The molecule has 0 aliphatic carbocycles. The summed E-state index contributed by atoms with van der Waals surface area (Å²) in [7, 11) is 0. The SMILES string of the molecule is Cl.O=CNC(Oc1ccccc1)(C(=O)O)N1CCN(C2CCNCC2)C(=O)C1. The zero-order valence-electron chi connectivity index (χ0n) is 15.4. The molecule has 1 aromatic rings. The number of nitrogens with zero attached hydrogens (tertiary/aromatic N) is 2. The Bertz CT molecular complexity index is 686. The number of rotatable bonds is 7. The predicted octanol–water partition coefficient (Wildman–Crippen LogP) is -0.132. The van der Waals surface area contributed by atoms with E-state index in [1.165, 1.54) is 4.90 Å². The van der Waals surface area contributed by atoms with E-state index in [2.05, 4.69) is 10.6 Å². The number of amides is 2. The molecule has 9 nitrogen and oxygen atoms in total. The van der Waals surface area contributed by atoms with Gasteiger partial charge in [0.1, 0.15) is 5.75 Å². The van der Waals surface area contributed by atoms with Crippen LogP contribution in [0.15, 0.2) is 30.3 Å². The third-order valence-corrected chi connectivity index (χ3v) is 5.01. The van der Waals surface area contributed by atoms with Crippen molar-refractivity contribution in [3.05, 3.63) is 30.3 Å². The summed E-state index contributed by atoms with van der Waals surface area (Å²) < 4.78 is 5.68. The van der Waals surface area contributed by atoms with Crippen LogP contribution in [-0.2, 0) is 14.4 Å². The van der Waals surface area contributed by atoms with Gasteiger partial charge in [-0.2, -0.15) is 0 Å². The van der Waals surface area contributed by atoms with E-state index in [9.17, 15) is 19.5 Å². The first-order valence-corrected chi connectivity index (χ1v) is 9.01. The normalized spacial score (nSPS) is 20.6. The number of piperazine rings is 1. The molecule has 154 valence electrons. The van der Waals surface area contributed by atoms with Crippen LogP contribution in [0.1, 0.15) is 12.8 Å². The van der Waals surface area contributed by atoms with Gasteiger partial charge in [-0.25, -0.2) is 9.69 Å². The van der Waals surface area contributed by atoms with E-state index in [-0.39, 0.29) is 49.6 Å². The van der Waals surface area contributed by atoms with Gasteiger partial charge in [0, 0.05) is 19.1 Å². The van der Waals surface area contributed by atoms with E-state index in [0.29, 0.717) is 6.54 Å². The number of hydrogen-bond donors (Lipinski definition) is 3. The molecule has 2 aliphatic heterocycles. The molecule has 2 amide bonds. The highest BCUT2D eigenvalue weighted by Gasteiger charge is 2.50. The molecule has 28 heavy (non-hydrogen) atoms. The largest absolute Gasteiger partial charge is 0.476 e. The Balaban J connectivity index is 0.00000280. The molecule has 10 heteroatoms. The molecular formula is C18H25ClN4O5. The molecule has 2 aliphatic rings. The summed E-state index contributed by atoms with van der Waals surface area (Å²) >= 11 is 0. The van der Waals surface area contributed by atoms with Crippen LogP contribution >= 0.6 is 12.4 Å². The molecule has 2 fully saturated rings. The van der Waals surface area contributed by atoms with E-state index < -0.39 is 11.8 Å². The van der Waals surface area contributed by atoms with Crippen LogP contribution in [0.3, 0.4) is 0 Å². The number of carbonyl (C=O) groups excluding carboxylic acids is 2. The van der Waals surface area contributed by atoms with E-state index in [1.807, 2.05) is 4.90 Å². The first-order valence-electron chi connectivity index (χ1n) is 9.01. The van der Waals surface area contributed by atoms with Crippen LogP contribution in [0.2, 0.25) is 0 Å². The number of ether oxygens (including phenoxy) is 1. The maximum Gasteiger partial charge on any atom is 0.387 e. The zero-order chi connectivity index (χ0) is 19.3. The van der Waals surface area contributed by atoms with Crippen molar-refractivity contribution in [1.29, 1.82) is 0 Å². The number of carboxylic acid groups (broad SMARTS) is 1. The Hall–Kier alpha value is -2.36. The van der Waals surface area contributed by atoms with Gasteiger partial charge in [-0.15, -0.1) is 12.4 Å². The number of aliphatic carboxylic acids is 1. The second kappa shape index (κ2) is 9.72. The molecular weight excluding hydrogens is 388 g/mol. The van der Waals surface area contributed by atoms with Gasteiger partial charge in [0.2, 0.25) is 12.3 Å². The number of para-hydroxylation sites is 1. The van der Waals surface area contributed by atoms with Crippen LogP contribution in [0, 0.1) is 0 Å². The van der Waals surface area contributed by atoms with Gasteiger partial charge < -0.3 is 20.1 Å². The molecule has 0 aromatic heterocycles. The number of nitrogens with one attached hydrogen (secondary N) is 2. The molecule has 0 radical (unpaired) electrons. The summed E-state index contributed by atoms with van der Waals surface area (Å²) in [5.74, 6) is -3.41. The average molecular weight is 413 g/mol. The summed E-state index contributed by atoms with van der Waals surface area (Å²) in [4.78, 5) is 39.2. The van der Waals surface area contributed by atoms with Crippen molar-refractivity contribution >= 4 is 30.7 Å². The van der Waals surface area contributed by atoms with Gasteiger partial charge in [-0.3, -0.25) is 14.9 Å². The lowest BCUT2D eigenvalue weighted by molar-refractivity contribution is -0.190. The van der Waals surface area contributed by atoms with Crippen molar-refractivity contribution in [2.24, 2.45) is 0 Å². The highest BCUT2D eigenvalue weighted by atomic mass is 35.5. The smallest absolute Gasteiger partial charge is 0.387 e. The second-order valence-corrected chi connectivity index (χ2v) is 6.62. The molecule has 3 rings (SSSR count). The summed E-state index contributed by atoms with van der Waals surface area (Å²) in [6, 6.07) is 8.51. The summed E-state index contributed by atoms with van der Waals surface area (Å²) in [5.41, 5.74) is 0. The minimum atomic E-state index is -2.14. The van der Waals surface area contributed by atoms with Gasteiger partial charge in [0.05, 0.1) is 6.54 Å². The maximum absolute atomic E-state index is 12.7. The fourth-order valence-corrected chi connectivity index (χ4v) is 3.62. The summed E-state index contributed by atoms with van der Waals surface area (Å²) in [5, 5.41) is 15.4. The highest BCUT2D eigenvalue weighted by molar-refractivity contribution is 5.85. The zero-order valence-corrected chi connectivity index (χ0v) is 16.2. The van der Waals surface area contributed by atoms with Crippen LogP contribution in [0.25, 0.3) is 0 Å². The number of hydrogen-bond acceptors (Lipinski definition) is 6. The van der Waals surface area contributed by atoms with Crippen LogP contribution in [0.5, 0.6) is 5.75 Å². The van der Waals surface area contributed by atoms with Gasteiger partial charge in [0.25, 0.3) is 0 Å². The standard InChI is InChI=1S/C18H24N4O5.ClH/c23-13-20-18(17(25)26,27-15-4-2-1-3-5-15)21-10-11-22(16(24)12-21)14-6-8-19-9-7-14;/h1-5,13-14,19H,6-12H2,(H,20,23)(H,25,26);1H. The lowest BCUT2D eigenvalue weighted by atomic mass is 10.0. The first kappa shape index (κ1) is 21.9. The predicted molar refractivity (Wildman–Crippen MR) is 103 cm³/mol. The molecule has 1 aromatic carbocycles. The fourth-order valence-electron chi connectivity index (χ4n) is 3.62. The molecule has 0 bridgehead atoms. The number of carboxylic acids is 1. The maximum atomic E-state index is 12.7. The van der Waals surface area contributed by atoms with Crippen molar-refractivity contribution in [2.45, 2.75) is 24.7 Å². The molecule has 2 heterocycles. The first-order chi connectivity index (χ1) is 13.1. The average Bonchev–Trinajstić information content (AvgIpc) is 2.69. The third kappa shape index (κ3) is 4.54. The lowest BCUT2D eigenvalue weighted by Crippen LogP contribution is -2.72. The monoisotopic (exact) mass is 412 g/mol. The number of piperidine rings is 1. The van der Waals surface area contributed by atoms with Crippen molar-refractivity contribution in [1.82, 2.24) is 20.4 Å². The van der Waals surface area contributed by atoms with Crippen LogP contribution in [-0.4, -0.2) is 77.8 Å². The van der Waals surface area contributed by atoms with Crippen molar-refractivity contribution < 1.29 is 24.2 Å². The van der Waals surface area contributed by atoms with Gasteiger partial charge in [-0.05, 0) is 38.1 Å². The molecule has 0 spiro atoms. The van der Waals surface area contributed by atoms with Crippen molar-refractivity contribution in [3.8, 4) is 5.75 Å². The van der Waals surface area contributed by atoms with Crippen molar-refractivity contribution in [2.75, 3.05) is 32.7 Å². The van der Waals surface area contributed by atoms with E-state index in [1.54, 1.807) is 30.3 Å². The number of halogens is 1. The molecule has 0 saturated carbocycles. The summed E-state index contributed by atoms with van der Waals surface area (Å²) in [6.45, 7) is 2.23. The topological polar surface area (TPSA) is 111 Å². The molecule has 3 N–H and O–H groups in total. The molecule has 1 unspecified atom stereocenters. The number of carbonyl (C=O) groups is 3. The fraction of sp³-hybridized carbons (Fsp3) is 0.500. The Morgan fingerprint density at radius 1 is 1.25 bits per heavy atom. The van der Waals surface area contributed by atoms with Gasteiger partial charge in [-0.1, -0.05) is 18.2 Å². The van der Waals surface area contributed by atoms with Crippen molar-refractivity contribution in [3.63, 3.8) is 0 Å². The Kier molecular flexibility index (Phi) is 7.61. The van der Waals surface area contributed by atoms with E-state index in [0.717, 1.165) is 25.9 Å². The van der Waals surface area contributed by atoms with E-state index >= 15 is 0 Å². The minimum Gasteiger partial charge on any atom is -0.476 e. The van der Waals surface area contributed by atoms with Crippen LogP contribution in [0.4, 0.5) is 0 Å². The quantitative estimate of drug-likeness (QED) is 0.422. The second-order valence-electron chi connectivity index (χ2n) is 6.62. The Morgan fingerprint density at radius 3 is 2.50 bits per heavy atom. The molecule has 1 atom stereocenters.